The van der Waals surface area contributed by atoms with Gasteiger partial charge in [0.1, 0.15) is 18.1 Å². The third-order valence-electron chi connectivity index (χ3n) is 5.75. The van der Waals surface area contributed by atoms with E-state index in [1.54, 1.807) is 43.3 Å². The highest BCUT2D eigenvalue weighted by atomic mass is 19.4. The minimum Gasteiger partial charge on any atom is -0.492 e. The van der Waals surface area contributed by atoms with Gasteiger partial charge >= 0.3 is 12.1 Å². The molecule has 1 aliphatic carbocycles. The van der Waals surface area contributed by atoms with Gasteiger partial charge in [-0.3, -0.25) is 9.48 Å². The lowest BCUT2D eigenvalue weighted by molar-refractivity contribution is -0.144. The van der Waals surface area contributed by atoms with E-state index < -0.39 is 11.9 Å². The lowest BCUT2D eigenvalue weighted by Gasteiger charge is -2.13. The number of carbonyl (C=O) groups excluding carboxylic acids is 1. The van der Waals surface area contributed by atoms with Crippen molar-refractivity contribution < 1.29 is 27.4 Å². The van der Waals surface area contributed by atoms with Gasteiger partial charge in [0, 0.05) is 5.56 Å². The van der Waals surface area contributed by atoms with E-state index >= 15 is 0 Å². The van der Waals surface area contributed by atoms with Crippen molar-refractivity contribution in [1.82, 2.24) is 9.78 Å². The number of rotatable bonds is 8. The molecule has 5 nitrogen and oxygen atoms in total. The van der Waals surface area contributed by atoms with Crippen molar-refractivity contribution in [3.05, 3.63) is 71.4 Å². The molecule has 8 heteroatoms. The Morgan fingerprint density at radius 2 is 1.94 bits per heavy atom. The van der Waals surface area contributed by atoms with Crippen LogP contribution in [0.15, 0.2) is 54.6 Å². The highest BCUT2D eigenvalue weighted by molar-refractivity contribution is 5.71. The third-order valence-corrected chi connectivity index (χ3v) is 5.75. The van der Waals surface area contributed by atoms with Crippen molar-refractivity contribution in [2.24, 2.45) is 0 Å². The van der Waals surface area contributed by atoms with Crippen molar-refractivity contribution in [2.75, 3.05) is 13.2 Å². The quantitative estimate of drug-likeness (QED) is 0.411. The van der Waals surface area contributed by atoms with Crippen LogP contribution in [0.25, 0.3) is 11.3 Å². The number of aromatic nitrogens is 2. The van der Waals surface area contributed by atoms with Crippen molar-refractivity contribution in [1.29, 1.82) is 0 Å². The number of nitrogens with zero attached hydrogens (tertiary/aromatic N) is 2. The standard InChI is InChI=1S/C25H25F3N2O3/c1-2-32-24(31)15-19-9-8-18-14-20(10-11-21(18)19)33-13-12-30-23(25(26,27)28)16-22(29-30)17-6-4-3-5-7-17/h3-7,10-11,14,16,19H,2,8-9,12-13,15H2,1H3/t19-/m0/s1. The summed E-state index contributed by atoms with van der Waals surface area (Å²) in [6.07, 6.45) is -2.47. The Hall–Kier alpha value is -3.29. The second-order valence-electron chi connectivity index (χ2n) is 7.96. The first-order valence-electron chi connectivity index (χ1n) is 11.0. The molecule has 0 fully saturated rings. The molecule has 0 amide bonds. The largest absolute Gasteiger partial charge is 0.492 e. The van der Waals surface area contributed by atoms with Crippen LogP contribution in [-0.2, 0) is 28.7 Å². The van der Waals surface area contributed by atoms with Crippen LogP contribution in [0.1, 0.15) is 42.5 Å². The SMILES string of the molecule is CCOC(=O)C[C@@H]1CCc2cc(OCCn3nc(-c4ccccc4)cc3C(F)(F)F)ccc21. The van der Waals surface area contributed by atoms with Gasteiger partial charge in [-0.15, -0.1) is 0 Å². The Morgan fingerprint density at radius 1 is 1.15 bits per heavy atom. The van der Waals surface area contributed by atoms with Gasteiger partial charge in [-0.1, -0.05) is 36.4 Å². The molecule has 0 aliphatic heterocycles. The number of carbonyl (C=O) groups is 1. The van der Waals surface area contributed by atoms with Gasteiger partial charge in [0.25, 0.3) is 0 Å². The molecule has 0 saturated carbocycles. The van der Waals surface area contributed by atoms with E-state index in [0.29, 0.717) is 24.3 Å². The molecule has 1 heterocycles. The Kier molecular flexibility index (Phi) is 6.72. The number of benzene rings is 2. The zero-order valence-corrected chi connectivity index (χ0v) is 18.3. The minimum atomic E-state index is -4.51. The Labute approximate surface area is 190 Å². The van der Waals surface area contributed by atoms with Crippen LogP contribution in [0.2, 0.25) is 0 Å². The molecule has 1 aromatic heterocycles. The minimum absolute atomic E-state index is 0.0375. The van der Waals surface area contributed by atoms with Crippen LogP contribution in [0.3, 0.4) is 0 Å². The van der Waals surface area contributed by atoms with Crippen molar-refractivity contribution in [2.45, 2.75) is 44.8 Å². The fourth-order valence-electron chi connectivity index (χ4n) is 4.22. The number of esters is 1. The highest BCUT2D eigenvalue weighted by Gasteiger charge is 2.36. The molecule has 3 aromatic rings. The van der Waals surface area contributed by atoms with E-state index in [4.69, 9.17) is 9.47 Å². The number of alkyl halides is 3. The molecule has 0 N–H and O–H groups in total. The first-order chi connectivity index (χ1) is 15.8. The van der Waals surface area contributed by atoms with Gasteiger partial charge in [0.2, 0.25) is 0 Å². The summed E-state index contributed by atoms with van der Waals surface area (Å²) in [5.74, 6) is 0.516. The summed E-state index contributed by atoms with van der Waals surface area (Å²) in [5, 5.41) is 4.16. The van der Waals surface area contributed by atoms with Crippen LogP contribution in [0, 0.1) is 0 Å². The average molecular weight is 458 g/mol. The number of fused-ring (bicyclic) bond motifs is 1. The molecule has 33 heavy (non-hydrogen) atoms. The molecular formula is C25H25F3N2O3. The predicted octanol–water partition coefficient (Wildman–Crippen LogP) is 5.63. The summed E-state index contributed by atoms with van der Waals surface area (Å²) in [6.45, 7) is 2.16. The van der Waals surface area contributed by atoms with E-state index in [1.165, 1.54) is 0 Å². The van der Waals surface area contributed by atoms with E-state index in [-0.39, 0.29) is 30.7 Å². The van der Waals surface area contributed by atoms with Gasteiger partial charge in [0.15, 0.2) is 0 Å². The third kappa shape index (κ3) is 5.38. The number of aryl methyl sites for hydroxylation is 1. The molecule has 2 aromatic carbocycles. The van der Waals surface area contributed by atoms with Gasteiger partial charge in [-0.2, -0.15) is 18.3 Å². The summed E-state index contributed by atoms with van der Waals surface area (Å²) in [6, 6.07) is 15.5. The summed E-state index contributed by atoms with van der Waals surface area (Å²) >= 11 is 0. The molecule has 0 radical (unpaired) electrons. The van der Waals surface area contributed by atoms with Crippen molar-refractivity contribution >= 4 is 5.97 Å². The van der Waals surface area contributed by atoms with Gasteiger partial charge in [0.05, 0.1) is 25.3 Å². The van der Waals surface area contributed by atoms with Crippen molar-refractivity contribution in [3.8, 4) is 17.0 Å². The molecule has 1 atom stereocenters. The fourth-order valence-corrected chi connectivity index (χ4v) is 4.22. The maximum atomic E-state index is 13.5. The second kappa shape index (κ2) is 9.68. The predicted molar refractivity (Wildman–Crippen MR) is 117 cm³/mol. The first-order valence-corrected chi connectivity index (χ1v) is 11.0. The first kappa shape index (κ1) is 22.9. The van der Waals surface area contributed by atoms with Crippen LogP contribution < -0.4 is 4.74 Å². The summed E-state index contributed by atoms with van der Waals surface area (Å²) in [7, 11) is 0. The molecule has 0 bridgehead atoms. The van der Waals surface area contributed by atoms with Crippen molar-refractivity contribution in [3.63, 3.8) is 0 Å². The normalized spacial score (nSPS) is 15.3. The maximum Gasteiger partial charge on any atom is 0.433 e. The van der Waals surface area contributed by atoms with Gasteiger partial charge in [-0.25, -0.2) is 0 Å². The number of halogens is 3. The number of hydrogen-bond donors (Lipinski definition) is 0. The second-order valence-corrected chi connectivity index (χ2v) is 7.96. The number of hydrogen-bond acceptors (Lipinski definition) is 4. The van der Waals surface area contributed by atoms with Crippen LogP contribution in [0.4, 0.5) is 13.2 Å². The summed E-state index contributed by atoms with van der Waals surface area (Å²) in [5.41, 5.74) is 2.30. The van der Waals surface area contributed by atoms with Gasteiger partial charge < -0.3 is 9.47 Å². The molecule has 1 aliphatic rings. The molecule has 4 rings (SSSR count). The smallest absolute Gasteiger partial charge is 0.433 e. The monoisotopic (exact) mass is 458 g/mol. The molecule has 0 spiro atoms. The Balaban J connectivity index is 1.42. The molecule has 0 saturated heterocycles. The maximum absolute atomic E-state index is 13.5. The topological polar surface area (TPSA) is 53.4 Å². The summed E-state index contributed by atoms with van der Waals surface area (Å²) in [4.78, 5) is 11.8. The molecule has 174 valence electrons. The van der Waals surface area contributed by atoms with E-state index in [2.05, 4.69) is 5.10 Å². The van der Waals surface area contributed by atoms with E-state index in [1.807, 2.05) is 12.1 Å². The Morgan fingerprint density at radius 3 is 2.67 bits per heavy atom. The summed E-state index contributed by atoms with van der Waals surface area (Å²) < 4.78 is 52.3. The van der Waals surface area contributed by atoms with Gasteiger partial charge in [-0.05, 0) is 55.0 Å². The van der Waals surface area contributed by atoms with Crippen LogP contribution in [-0.4, -0.2) is 29.0 Å². The number of ether oxygens (including phenoxy) is 2. The fraction of sp³-hybridized carbons (Fsp3) is 0.360. The van der Waals surface area contributed by atoms with E-state index in [0.717, 1.165) is 34.7 Å². The van der Waals surface area contributed by atoms with E-state index in [9.17, 15) is 18.0 Å². The lowest BCUT2D eigenvalue weighted by Crippen LogP contribution is -2.18. The zero-order valence-electron chi connectivity index (χ0n) is 18.3. The highest BCUT2D eigenvalue weighted by Crippen LogP contribution is 2.37. The van der Waals surface area contributed by atoms with Crippen LogP contribution >= 0.6 is 0 Å². The Bertz CT molecular complexity index is 1110. The zero-order chi connectivity index (χ0) is 23.4. The molecule has 0 unspecified atom stereocenters. The molecular weight excluding hydrogens is 433 g/mol. The lowest BCUT2D eigenvalue weighted by atomic mass is 9.98. The van der Waals surface area contributed by atoms with Crippen LogP contribution in [0.5, 0.6) is 5.75 Å². The average Bonchev–Trinajstić information content (AvgIpc) is 3.39.